The van der Waals surface area contributed by atoms with Crippen LogP contribution in [-0.2, 0) is 17.4 Å². The fourth-order valence-corrected chi connectivity index (χ4v) is 6.65. The third-order valence-electron chi connectivity index (χ3n) is 8.21. The van der Waals surface area contributed by atoms with Gasteiger partial charge < -0.3 is 25.5 Å². The monoisotopic (exact) mass is 613 g/mol. The molecule has 13 nitrogen and oxygen atoms in total. The molecule has 5 N–H and O–H groups in total. The zero-order chi connectivity index (χ0) is 30.5. The van der Waals surface area contributed by atoms with Gasteiger partial charge in [0.1, 0.15) is 23.3 Å². The maximum atomic E-state index is 11.2. The van der Waals surface area contributed by atoms with E-state index in [4.69, 9.17) is 10.1 Å². The minimum absolute atomic E-state index is 0.188. The Balaban J connectivity index is 1.29. The summed E-state index contributed by atoms with van der Waals surface area (Å²) in [5, 5.41) is 13.9. The van der Waals surface area contributed by atoms with Crippen LogP contribution >= 0.6 is 0 Å². The number of thiol groups is 1. The van der Waals surface area contributed by atoms with Crippen LogP contribution in [0.25, 0.3) is 38.6 Å². The highest BCUT2D eigenvalue weighted by Crippen LogP contribution is 2.38. The highest BCUT2D eigenvalue weighted by molar-refractivity contribution is 7.70. The molecule has 0 aliphatic carbocycles. The van der Waals surface area contributed by atoms with Gasteiger partial charge in [-0.1, -0.05) is 0 Å². The number of benzene rings is 1. The van der Waals surface area contributed by atoms with Crippen LogP contribution in [0.4, 0.5) is 11.6 Å². The van der Waals surface area contributed by atoms with Crippen molar-refractivity contribution < 1.29 is 8.42 Å². The van der Waals surface area contributed by atoms with Gasteiger partial charge in [-0.2, -0.15) is 5.10 Å². The number of aryl methyl sites for hydroxylation is 1. The van der Waals surface area contributed by atoms with Gasteiger partial charge in [-0.3, -0.25) is 0 Å². The molecule has 5 aromatic heterocycles. The second kappa shape index (κ2) is 11.2. The lowest BCUT2D eigenvalue weighted by Crippen LogP contribution is -2.54. The van der Waals surface area contributed by atoms with Gasteiger partial charge in [0, 0.05) is 66.8 Å². The van der Waals surface area contributed by atoms with Crippen molar-refractivity contribution in [3.63, 3.8) is 0 Å². The summed E-state index contributed by atoms with van der Waals surface area (Å²) in [5.41, 5.74) is 6.40. The molecular formula is C30H35N11O2S. The number of aromatic nitrogens is 7. The summed E-state index contributed by atoms with van der Waals surface area (Å²) in [6.45, 7) is 10.4. The maximum Gasteiger partial charge on any atom is 0.201 e. The Labute approximate surface area is 255 Å². The normalized spacial score (nSPS) is 18.2. The number of aromatic amines is 2. The molecule has 1 aliphatic heterocycles. The van der Waals surface area contributed by atoms with Crippen molar-refractivity contribution in [2.45, 2.75) is 52.4 Å². The highest BCUT2D eigenvalue weighted by Gasteiger charge is 2.26. The molecule has 6 heterocycles. The van der Waals surface area contributed by atoms with Crippen molar-refractivity contribution >= 4 is 50.0 Å². The van der Waals surface area contributed by atoms with Crippen LogP contribution in [0.3, 0.4) is 0 Å². The number of piperazine rings is 1. The number of rotatable bonds is 8. The first-order valence-electron chi connectivity index (χ1n) is 14.7. The van der Waals surface area contributed by atoms with Crippen LogP contribution in [0.5, 0.6) is 0 Å². The minimum atomic E-state index is -2.71. The number of nitrogens with zero attached hydrogens (tertiary/aromatic N) is 6. The van der Waals surface area contributed by atoms with E-state index in [0.717, 1.165) is 63.0 Å². The Hall–Kier alpha value is -4.53. The Morgan fingerprint density at radius 1 is 1.09 bits per heavy atom. The summed E-state index contributed by atoms with van der Waals surface area (Å²) in [4.78, 5) is 23.2. The Kier molecular flexibility index (Phi) is 7.19. The molecular weight excluding hydrogens is 578 g/mol. The van der Waals surface area contributed by atoms with Gasteiger partial charge in [0.05, 0.1) is 11.4 Å². The van der Waals surface area contributed by atoms with Gasteiger partial charge >= 0.3 is 0 Å². The topological polar surface area (TPSA) is 161 Å². The highest BCUT2D eigenvalue weighted by atomic mass is 32.2. The zero-order valence-corrected chi connectivity index (χ0v) is 25.8. The lowest BCUT2D eigenvalue weighted by Gasteiger charge is -2.37. The molecule has 0 spiro atoms. The van der Waals surface area contributed by atoms with Gasteiger partial charge in [-0.05, 0) is 68.7 Å². The predicted molar refractivity (Wildman–Crippen MR) is 172 cm³/mol. The van der Waals surface area contributed by atoms with Crippen LogP contribution in [-0.4, -0.2) is 68.1 Å². The summed E-state index contributed by atoms with van der Waals surface area (Å²) in [5.74, 6) is 2.23. The predicted octanol–water partition coefficient (Wildman–Crippen LogP) is 3.43. The summed E-state index contributed by atoms with van der Waals surface area (Å²) in [6, 6.07) is 8.43. The Morgan fingerprint density at radius 3 is 2.70 bits per heavy atom. The largest absolute Gasteiger partial charge is 0.361 e. The molecule has 1 aromatic carbocycles. The van der Waals surface area contributed by atoms with E-state index in [2.05, 4.69) is 67.0 Å². The molecule has 44 heavy (non-hydrogen) atoms. The van der Waals surface area contributed by atoms with E-state index in [1.165, 1.54) is 6.33 Å². The summed E-state index contributed by atoms with van der Waals surface area (Å²) in [7, 11) is -2.71. The van der Waals surface area contributed by atoms with E-state index in [-0.39, 0.29) is 12.6 Å². The van der Waals surface area contributed by atoms with Crippen molar-refractivity contribution in [2.24, 2.45) is 0 Å². The second-order valence-corrected chi connectivity index (χ2v) is 12.5. The van der Waals surface area contributed by atoms with Gasteiger partial charge in [0.25, 0.3) is 0 Å². The molecule has 1 saturated heterocycles. The zero-order valence-electron chi connectivity index (χ0n) is 24.9. The first-order chi connectivity index (χ1) is 21.2. The fourth-order valence-electron chi connectivity index (χ4n) is 6.34. The van der Waals surface area contributed by atoms with Crippen LogP contribution in [0.1, 0.15) is 43.8 Å². The average molecular weight is 614 g/mol. The first-order valence-corrected chi connectivity index (χ1v) is 15.9. The quantitative estimate of drug-likeness (QED) is 0.141. The van der Waals surface area contributed by atoms with Crippen molar-refractivity contribution in [2.75, 3.05) is 23.3 Å². The smallest absolute Gasteiger partial charge is 0.201 e. The number of nitrogens with one attached hydrogen (secondary N) is 5. The summed E-state index contributed by atoms with van der Waals surface area (Å²) < 4.78 is 26.9. The molecule has 3 atom stereocenters. The number of hydrogen-bond acceptors (Lipinski definition) is 9. The van der Waals surface area contributed by atoms with E-state index in [9.17, 15) is 8.42 Å². The van der Waals surface area contributed by atoms with E-state index < -0.39 is 10.9 Å². The molecule has 1 aliphatic rings. The molecule has 0 amide bonds. The molecule has 228 valence electrons. The van der Waals surface area contributed by atoms with Crippen molar-refractivity contribution in [1.29, 1.82) is 0 Å². The molecule has 6 aromatic rings. The third-order valence-corrected chi connectivity index (χ3v) is 8.63. The standard InChI is InChI=1S/C30H35N11O2S/c1-16-6-8-41-26(16)30(40-13-17(2)36-18(3)14-40)38-27(39-41)19(4)37-29-25-23(12-32-28(25)33-15-34-29)22-9-20(11-35-44(42)43)10-24-21(22)5-7-31-24/h5-10,12,15,17-19,31,36,44H,11,13-14H2,1-4H3,(H,35,42,43)(H2,32,33,34,37)/t17-,18+,19-/m0/s1. The van der Waals surface area contributed by atoms with Crippen LogP contribution in [0.2, 0.25) is 0 Å². The second-order valence-electron chi connectivity index (χ2n) is 11.6. The van der Waals surface area contributed by atoms with Crippen molar-refractivity contribution in [3.8, 4) is 11.1 Å². The van der Waals surface area contributed by atoms with Gasteiger partial charge in [-0.15, -0.1) is 0 Å². The number of fused-ring (bicyclic) bond motifs is 3. The van der Waals surface area contributed by atoms with Gasteiger partial charge in [-0.25, -0.2) is 32.6 Å². The number of hydrogen-bond donors (Lipinski definition) is 6. The Bertz CT molecular complexity index is 2060. The Morgan fingerprint density at radius 2 is 1.91 bits per heavy atom. The molecule has 0 radical (unpaired) electrons. The van der Waals surface area contributed by atoms with E-state index >= 15 is 0 Å². The first kappa shape index (κ1) is 28.3. The van der Waals surface area contributed by atoms with Crippen LogP contribution in [0.15, 0.2) is 49.2 Å². The molecule has 1 fully saturated rings. The molecule has 7 rings (SSSR count). The van der Waals surface area contributed by atoms with Crippen molar-refractivity contribution in [3.05, 3.63) is 66.1 Å². The number of H-pyrrole nitrogens is 2. The van der Waals surface area contributed by atoms with Gasteiger partial charge in [0.15, 0.2) is 11.6 Å². The average Bonchev–Trinajstić information content (AvgIpc) is 3.74. The lowest BCUT2D eigenvalue weighted by molar-refractivity contribution is 0.405. The van der Waals surface area contributed by atoms with Gasteiger partial charge in [0.2, 0.25) is 10.9 Å². The van der Waals surface area contributed by atoms with E-state index in [1.807, 2.05) is 48.2 Å². The minimum Gasteiger partial charge on any atom is -0.361 e. The summed E-state index contributed by atoms with van der Waals surface area (Å²) >= 11 is 0. The van der Waals surface area contributed by atoms with Crippen LogP contribution < -0.4 is 20.3 Å². The summed E-state index contributed by atoms with van der Waals surface area (Å²) in [6.07, 6.45) is 7.31. The molecule has 0 bridgehead atoms. The van der Waals surface area contributed by atoms with E-state index in [1.54, 1.807) is 0 Å². The van der Waals surface area contributed by atoms with E-state index in [0.29, 0.717) is 29.4 Å². The molecule has 14 heteroatoms. The fraction of sp³-hybridized carbons (Fsp3) is 0.333. The van der Waals surface area contributed by atoms with Crippen molar-refractivity contribution in [1.82, 2.24) is 44.6 Å². The SMILES string of the molecule is Cc1ccn2nc([C@H](C)Nc3ncnc4[nH]cc(-c5cc(CN[SH](=O)=O)cc6[nH]ccc56)c34)nc(N3C[C@@H](C)N[C@@H](C)C3)c12. The lowest BCUT2D eigenvalue weighted by atomic mass is 9.99. The molecule has 0 saturated carbocycles. The third kappa shape index (κ3) is 5.14. The van der Waals surface area contributed by atoms with Crippen LogP contribution in [0, 0.1) is 6.92 Å². The molecule has 0 unspecified atom stereocenters. The maximum absolute atomic E-state index is 11.2. The number of anilines is 2.